The maximum absolute atomic E-state index is 12.8. The summed E-state index contributed by atoms with van der Waals surface area (Å²) in [5.41, 5.74) is 0.758. The molecule has 0 spiro atoms. The molecule has 1 aliphatic rings. The van der Waals surface area contributed by atoms with Crippen LogP contribution in [0.25, 0.3) is 0 Å². The zero-order chi connectivity index (χ0) is 21.9. The van der Waals surface area contributed by atoms with Gasteiger partial charge in [0.05, 0.1) is 7.11 Å². The van der Waals surface area contributed by atoms with Gasteiger partial charge in [-0.3, -0.25) is 4.79 Å². The Morgan fingerprint density at radius 1 is 1.07 bits per heavy atom. The fourth-order valence-electron chi connectivity index (χ4n) is 3.17. The normalized spacial score (nSPS) is 14.3. The van der Waals surface area contributed by atoms with Gasteiger partial charge >= 0.3 is 10.1 Å². The lowest BCUT2D eigenvalue weighted by Crippen LogP contribution is -2.34. The second kappa shape index (κ2) is 8.68. The lowest BCUT2D eigenvalue weighted by Gasteiger charge is -2.27. The van der Waals surface area contributed by atoms with Gasteiger partial charge in [0.25, 0.3) is 0 Å². The van der Waals surface area contributed by atoms with E-state index in [9.17, 15) is 13.2 Å². The Bertz CT molecular complexity index is 989. The second-order valence-corrected chi connectivity index (χ2v) is 10.4. The molecule has 2 aromatic rings. The minimum atomic E-state index is -3.96. The fraction of sp³-hybridized carbons (Fsp3) is 0.435. The van der Waals surface area contributed by atoms with E-state index in [-0.39, 0.29) is 28.0 Å². The molecule has 0 aromatic heterocycles. The summed E-state index contributed by atoms with van der Waals surface area (Å²) in [5, 5.41) is 0. The summed E-state index contributed by atoms with van der Waals surface area (Å²) < 4.78 is 35.6. The maximum Gasteiger partial charge on any atom is 0.339 e. The Labute approximate surface area is 178 Å². The first-order chi connectivity index (χ1) is 14.1. The molecule has 0 unspecified atom stereocenters. The smallest absolute Gasteiger partial charge is 0.339 e. The summed E-state index contributed by atoms with van der Waals surface area (Å²) >= 11 is 0. The number of hydrogen-bond donors (Lipinski definition) is 0. The lowest BCUT2D eigenvalue weighted by molar-refractivity contribution is -0.134. The van der Waals surface area contributed by atoms with Gasteiger partial charge in [-0.15, -0.1) is 0 Å². The van der Waals surface area contributed by atoms with Gasteiger partial charge in [0, 0.05) is 19.0 Å². The standard InChI is InChI=1S/C23H29NO5S/c1-23(2,3)15-22(25)24(18-8-9-18)16-17-6-5-7-20(14-17)29-30(26,27)21-12-10-19(28-4)11-13-21/h5-7,10-14,18H,8-9,15-16H2,1-4H3. The van der Waals surface area contributed by atoms with Gasteiger partial charge in [0.15, 0.2) is 0 Å². The molecule has 0 bridgehead atoms. The molecule has 7 heteroatoms. The molecule has 1 saturated carbocycles. The van der Waals surface area contributed by atoms with Crippen LogP contribution in [0.4, 0.5) is 0 Å². The van der Waals surface area contributed by atoms with E-state index in [0.29, 0.717) is 18.7 Å². The van der Waals surface area contributed by atoms with E-state index in [1.54, 1.807) is 30.3 Å². The largest absolute Gasteiger partial charge is 0.497 e. The van der Waals surface area contributed by atoms with Crippen LogP contribution in [0.15, 0.2) is 53.4 Å². The number of carbonyl (C=O) groups is 1. The average Bonchev–Trinajstić information content (AvgIpc) is 3.49. The van der Waals surface area contributed by atoms with Crippen molar-refractivity contribution >= 4 is 16.0 Å². The van der Waals surface area contributed by atoms with E-state index >= 15 is 0 Å². The Kier molecular flexibility index (Phi) is 6.41. The third-order valence-corrected chi connectivity index (χ3v) is 6.06. The van der Waals surface area contributed by atoms with Crippen LogP contribution in [0.5, 0.6) is 11.5 Å². The highest BCUT2D eigenvalue weighted by molar-refractivity contribution is 7.87. The van der Waals surface area contributed by atoms with Crippen molar-refractivity contribution in [3.8, 4) is 11.5 Å². The second-order valence-electron chi connectivity index (χ2n) is 8.85. The summed E-state index contributed by atoms with van der Waals surface area (Å²) in [4.78, 5) is 14.7. The zero-order valence-corrected chi connectivity index (χ0v) is 18.7. The number of amides is 1. The van der Waals surface area contributed by atoms with Crippen molar-refractivity contribution in [2.24, 2.45) is 5.41 Å². The molecule has 3 rings (SSSR count). The molecule has 0 N–H and O–H groups in total. The number of benzene rings is 2. The van der Waals surface area contributed by atoms with Crippen LogP contribution in [0.1, 0.15) is 45.6 Å². The van der Waals surface area contributed by atoms with E-state index in [4.69, 9.17) is 8.92 Å². The van der Waals surface area contributed by atoms with Gasteiger partial charge in [-0.25, -0.2) is 0 Å². The molecule has 162 valence electrons. The van der Waals surface area contributed by atoms with Gasteiger partial charge in [0.2, 0.25) is 5.91 Å². The van der Waals surface area contributed by atoms with Crippen molar-refractivity contribution in [1.29, 1.82) is 0 Å². The van der Waals surface area contributed by atoms with Crippen molar-refractivity contribution < 1.29 is 22.1 Å². The third-order valence-electron chi connectivity index (χ3n) is 4.79. The fourth-order valence-corrected chi connectivity index (χ4v) is 4.09. The number of carbonyl (C=O) groups excluding carboxylic acids is 1. The first-order valence-electron chi connectivity index (χ1n) is 10.0. The van der Waals surface area contributed by atoms with E-state index in [0.717, 1.165) is 18.4 Å². The minimum Gasteiger partial charge on any atom is -0.497 e. The molecule has 0 radical (unpaired) electrons. The van der Waals surface area contributed by atoms with Gasteiger partial charge < -0.3 is 13.8 Å². The van der Waals surface area contributed by atoms with Crippen molar-refractivity contribution in [3.63, 3.8) is 0 Å². The van der Waals surface area contributed by atoms with Crippen LogP contribution in [0.3, 0.4) is 0 Å². The molecule has 2 aromatic carbocycles. The van der Waals surface area contributed by atoms with Gasteiger partial charge in [0.1, 0.15) is 16.4 Å². The Hall–Kier alpha value is -2.54. The Morgan fingerprint density at radius 2 is 1.73 bits per heavy atom. The molecular formula is C23H29NO5S. The molecule has 0 saturated heterocycles. The van der Waals surface area contributed by atoms with Crippen molar-refractivity contribution in [2.75, 3.05) is 7.11 Å². The van der Waals surface area contributed by atoms with Crippen molar-refractivity contribution in [2.45, 2.75) is 57.5 Å². The highest BCUT2D eigenvalue weighted by Crippen LogP contribution is 2.32. The number of nitrogens with zero attached hydrogens (tertiary/aromatic N) is 1. The van der Waals surface area contributed by atoms with Crippen LogP contribution in [0.2, 0.25) is 0 Å². The minimum absolute atomic E-state index is 0.0497. The van der Waals surface area contributed by atoms with Gasteiger partial charge in [-0.1, -0.05) is 32.9 Å². The molecule has 0 heterocycles. The van der Waals surface area contributed by atoms with Crippen LogP contribution in [-0.4, -0.2) is 32.4 Å². The first-order valence-corrected chi connectivity index (χ1v) is 11.5. The van der Waals surface area contributed by atoms with Crippen molar-refractivity contribution in [3.05, 3.63) is 54.1 Å². The summed E-state index contributed by atoms with van der Waals surface area (Å²) in [7, 11) is -2.45. The van der Waals surface area contributed by atoms with Gasteiger partial charge in [-0.2, -0.15) is 8.42 Å². The summed E-state index contributed by atoms with van der Waals surface area (Å²) in [5.74, 6) is 0.917. The van der Waals surface area contributed by atoms with E-state index in [1.165, 1.54) is 19.2 Å². The highest BCUT2D eigenvalue weighted by atomic mass is 32.2. The topological polar surface area (TPSA) is 72.9 Å². The SMILES string of the molecule is COc1ccc(S(=O)(=O)Oc2cccc(CN(C(=O)CC(C)(C)C)C3CC3)c2)cc1. The molecule has 1 aliphatic carbocycles. The quantitative estimate of drug-likeness (QED) is 0.580. The molecule has 0 atom stereocenters. The van der Waals surface area contributed by atoms with Crippen LogP contribution >= 0.6 is 0 Å². The third kappa shape index (κ3) is 5.98. The zero-order valence-electron chi connectivity index (χ0n) is 17.9. The number of methoxy groups -OCH3 is 1. The van der Waals surface area contributed by atoms with Gasteiger partial charge in [-0.05, 0) is 60.2 Å². The summed E-state index contributed by atoms with van der Waals surface area (Å²) in [6.45, 7) is 6.59. The monoisotopic (exact) mass is 431 g/mol. The van der Waals surface area contributed by atoms with Crippen LogP contribution in [0, 0.1) is 5.41 Å². The number of hydrogen-bond acceptors (Lipinski definition) is 5. The van der Waals surface area contributed by atoms with Crippen LogP contribution in [-0.2, 0) is 21.5 Å². The van der Waals surface area contributed by atoms with Crippen LogP contribution < -0.4 is 8.92 Å². The van der Waals surface area contributed by atoms with Crippen molar-refractivity contribution in [1.82, 2.24) is 4.90 Å². The highest BCUT2D eigenvalue weighted by Gasteiger charge is 2.34. The van der Waals surface area contributed by atoms with E-state index in [1.807, 2.05) is 11.0 Å². The first kappa shape index (κ1) is 22.2. The van der Waals surface area contributed by atoms with E-state index in [2.05, 4.69) is 20.8 Å². The number of rotatable bonds is 8. The summed E-state index contributed by atoms with van der Waals surface area (Å²) in [6, 6.07) is 13.2. The number of ether oxygens (including phenoxy) is 1. The predicted molar refractivity (Wildman–Crippen MR) is 115 cm³/mol. The Morgan fingerprint density at radius 3 is 2.30 bits per heavy atom. The molecule has 6 nitrogen and oxygen atoms in total. The molecular weight excluding hydrogens is 402 g/mol. The lowest BCUT2D eigenvalue weighted by atomic mass is 9.91. The molecule has 1 fully saturated rings. The Balaban J connectivity index is 1.74. The molecule has 30 heavy (non-hydrogen) atoms. The van der Waals surface area contributed by atoms with E-state index < -0.39 is 10.1 Å². The summed E-state index contributed by atoms with van der Waals surface area (Å²) in [6.07, 6.45) is 2.50. The maximum atomic E-state index is 12.8. The average molecular weight is 432 g/mol. The molecule has 0 aliphatic heterocycles. The predicted octanol–water partition coefficient (Wildman–Crippen LogP) is 4.39. The molecule has 1 amide bonds.